The van der Waals surface area contributed by atoms with Crippen molar-refractivity contribution >= 4 is 0 Å². The number of nitriles is 1. The summed E-state index contributed by atoms with van der Waals surface area (Å²) in [6.07, 6.45) is 3.88. The average Bonchev–Trinajstić information content (AvgIpc) is 2.46. The van der Waals surface area contributed by atoms with Gasteiger partial charge in [0, 0.05) is 19.7 Å². The van der Waals surface area contributed by atoms with Gasteiger partial charge in [0.1, 0.15) is 5.54 Å². The lowest BCUT2D eigenvalue weighted by molar-refractivity contribution is 0.126. The van der Waals surface area contributed by atoms with Gasteiger partial charge in [-0.15, -0.1) is 0 Å². The molecule has 0 aromatic heterocycles. The van der Waals surface area contributed by atoms with Crippen molar-refractivity contribution in [1.29, 1.82) is 5.26 Å². The van der Waals surface area contributed by atoms with Gasteiger partial charge in [-0.1, -0.05) is 13.8 Å². The quantitative estimate of drug-likeness (QED) is 0.598. The molecule has 0 aliphatic carbocycles. The summed E-state index contributed by atoms with van der Waals surface area (Å²) >= 11 is 0. The number of ether oxygens (including phenoxy) is 1. The van der Waals surface area contributed by atoms with Gasteiger partial charge in [-0.05, 0) is 52.6 Å². The first-order valence-corrected chi connectivity index (χ1v) is 7.94. The number of hydrogen-bond acceptors (Lipinski definition) is 4. The molecule has 1 N–H and O–H groups in total. The Morgan fingerprint density at radius 2 is 2.00 bits per heavy atom. The van der Waals surface area contributed by atoms with E-state index in [4.69, 9.17) is 4.74 Å². The van der Waals surface area contributed by atoms with Crippen molar-refractivity contribution in [2.75, 3.05) is 33.4 Å². The smallest absolute Gasteiger partial charge is 0.106 e. The summed E-state index contributed by atoms with van der Waals surface area (Å²) < 4.78 is 5.16. The highest BCUT2D eigenvalue weighted by Gasteiger charge is 2.26. The van der Waals surface area contributed by atoms with E-state index in [0.717, 1.165) is 51.9 Å². The van der Waals surface area contributed by atoms with Crippen molar-refractivity contribution in [3.63, 3.8) is 0 Å². The third-order valence-corrected chi connectivity index (χ3v) is 3.89. The van der Waals surface area contributed by atoms with E-state index < -0.39 is 0 Å². The minimum absolute atomic E-state index is 0.347. The van der Waals surface area contributed by atoms with Crippen LogP contribution in [0.3, 0.4) is 0 Å². The Hall–Kier alpha value is -0.630. The van der Waals surface area contributed by atoms with Crippen molar-refractivity contribution < 1.29 is 4.74 Å². The van der Waals surface area contributed by atoms with Crippen LogP contribution >= 0.6 is 0 Å². The first-order valence-electron chi connectivity index (χ1n) is 7.94. The molecule has 0 spiro atoms. The third kappa shape index (κ3) is 7.23. The van der Waals surface area contributed by atoms with E-state index >= 15 is 0 Å². The molecule has 0 saturated heterocycles. The van der Waals surface area contributed by atoms with E-state index in [0.29, 0.717) is 6.04 Å². The molecule has 0 bridgehead atoms. The Kier molecular flexibility index (Phi) is 10.7. The van der Waals surface area contributed by atoms with Crippen molar-refractivity contribution in [2.45, 2.75) is 65.0 Å². The lowest BCUT2D eigenvalue weighted by atomic mass is 9.91. The van der Waals surface area contributed by atoms with E-state index in [1.165, 1.54) is 0 Å². The molecule has 0 aliphatic heterocycles. The highest BCUT2D eigenvalue weighted by Crippen LogP contribution is 2.17. The number of rotatable bonds is 12. The van der Waals surface area contributed by atoms with Gasteiger partial charge in [0.15, 0.2) is 0 Å². The maximum Gasteiger partial charge on any atom is 0.106 e. The van der Waals surface area contributed by atoms with Crippen molar-refractivity contribution in [1.82, 2.24) is 10.2 Å². The SMILES string of the molecule is CCCNC(C#N)(CC)CCCN(CCOC)C(C)C. The number of methoxy groups -OCH3 is 1. The summed E-state index contributed by atoms with van der Waals surface area (Å²) in [5.41, 5.74) is -0.347. The third-order valence-electron chi connectivity index (χ3n) is 3.89. The lowest BCUT2D eigenvalue weighted by Gasteiger charge is -2.30. The normalized spacial score (nSPS) is 14.5. The van der Waals surface area contributed by atoms with Gasteiger partial charge in [0.25, 0.3) is 0 Å². The Bertz CT molecular complexity index is 275. The largest absolute Gasteiger partial charge is 0.383 e. The zero-order chi connectivity index (χ0) is 15.4. The molecule has 0 aromatic carbocycles. The average molecular weight is 283 g/mol. The lowest BCUT2D eigenvalue weighted by Crippen LogP contribution is -2.44. The molecule has 1 atom stereocenters. The maximum atomic E-state index is 9.47. The second kappa shape index (κ2) is 11.1. The molecule has 1 unspecified atom stereocenters. The van der Waals surface area contributed by atoms with E-state index in [9.17, 15) is 5.26 Å². The fraction of sp³-hybridized carbons (Fsp3) is 0.938. The Morgan fingerprint density at radius 3 is 2.45 bits per heavy atom. The molecule has 0 saturated carbocycles. The molecule has 0 aromatic rings. The predicted octanol–water partition coefficient (Wildman–Crippen LogP) is 2.80. The van der Waals surface area contributed by atoms with Gasteiger partial charge in [-0.25, -0.2) is 0 Å². The van der Waals surface area contributed by atoms with E-state index in [-0.39, 0.29) is 5.54 Å². The number of nitrogens with zero attached hydrogens (tertiary/aromatic N) is 2. The second-order valence-electron chi connectivity index (χ2n) is 5.70. The van der Waals surface area contributed by atoms with Gasteiger partial charge >= 0.3 is 0 Å². The van der Waals surface area contributed by atoms with Crippen molar-refractivity contribution in [3.05, 3.63) is 0 Å². The summed E-state index contributed by atoms with van der Waals surface area (Å²) in [4.78, 5) is 2.42. The van der Waals surface area contributed by atoms with E-state index in [1.54, 1.807) is 7.11 Å². The molecule has 0 heterocycles. The van der Waals surface area contributed by atoms with E-state index in [2.05, 4.69) is 44.0 Å². The molecule has 20 heavy (non-hydrogen) atoms. The number of hydrogen-bond donors (Lipinski definition) is 1. The molecule has 0 fully saturated rings. The van der Waals surface area contributed by atoms with Crippen LogP contribution in [0.15, 0.2) is 0 Å². The van der Waals surface area contributed by atoms with Crippen LogP contribution in [0.25, 0.3) is 0 Å². The maximum absolute atomic E-state index is 9.47. The van der Waals surface area contributed by atoms with E-state index in [1.807, 2.05) is 0 Å². The topological polar surface area (TPSA) is 48.3 Å². The molecule has 0 amide bonds. The summed E-state index contributed by atoms with van der Waals surface area (Å²) in [5.74, 6) is 0. The summed E-state index contributed by atoms with van der Waals surface area (Å²) in [6.45, 7) is 12.3. The fourth-order valence-electron chi connectivity index (χ4n) is 2.35. The first kappa shape index (κ1) is 19.4. The molecule has 4 nitrogen and oxygen atoms in total. The standard InChI is InChI=1S/C16H33N3O/c1-6-10-18-16(7-2,14-17)9-8-11-19(15(3)4)12-13-20-5/h15,18H,6-13H2,1-5H3. The molecule has 4 heteroatoms. The molecule has 0 aliphatic rings. The zero-order valence-electron chi connectivity index (χ0n) is 14.0. The van der Waals surface area contributed by atoms with Crippen molar-refractivity contribution in [3.8, 4) is 6.07 Å². The molecule has 0 radical (unpaired) electrons. The first-order chi connectivity index (χ1) is 9.55. The summed E-state index contributed by atoms with van der Waals surface area (Å²) in [7, 11) is 1.74. The van der Waals surface area contributed by atoms with Crippen LogP contribution in [0.1, 0.15) is 53.4 Å². The van der Waals surface area contributed by atoms with Crippen LogP contribution < -0.4 is 5.32 Å². The Labute approximate surface area is 125 Å². The van der Waals surface area contributed by atoms with Crippen LogP contribution in [0, 0.1) is 11.3 Å². The minimum atomic E-state index is -0.347. The molecular formula is C16H33N3O. The minimum Gasteiger partial charge on any atom is -0.383 e. The van der Waals surface area contributed by atoms with Crippen LogP contribution in [-0.4, -0.2) is 49.8 Å². The monoisotopic (exact) mass is 283 g/mol. The zero-order valence-corrected chi connectivity index (χ0v) is 14.0. The molecule has 0 rings (SSSR count). The van der Waals surface area contributed by atoms with Crippen LogP contribution in [0.4, 0.5) is 0 Å². The highest BCUT2D eigenvalue weighted by atomic mass is 16.5. The molecule has 118 valence electrons. The van der Waals surface area contributed by atoms with Gasteiger partial charge in [0.2, 0.25) is 0 Å². The van der Waals surface area contributed by atoms with Crippen molar-refractivity contribution in [2.24, 2.45) is 0 Å². The molecular weight excluding hydrogens is 250 g/mol. The highest BCUT2D eigenvalue weighted by molar-refractivity contribution is 5.06. The fourth-order valence-corrected chi connectivity index (χ4v) is 2.35. The van der Waals surface area contributed by atoms with Crippen LogP contribution in [0.5, 0.6) is 0 Å². The Morgan fingerprint density at radius 1 is 1.30 bits per heavy atom. The summed E-state index contributed by atoms with van der Waals surface area (Å²) in [6, 6.07) is 3.01. The predicted molar refractivity (Wildman–Crippen MR) is 84.7 cm³/mol. The Balaban J connectivity index is 4.29. The van der Waals surface area contributed by atoms with Gasteiger partial charge in [-0.3, -0.25) is 10.2 Å². The van der Waals surface area contributed by atoms with Crippen LogP contribution in [-0.2, 0) is 4.74 Å². The number of nitrogens with one attached hydrogen (secondary N) is 1. The van der Waals surface area contributed by atoms with Crippen LogP contribution in [0.2, 0.25) is 0 Å². The summed E-state index contributed by atoms with van der Waals surface area (Å²) in [5, 5.41) is 12.9. The van der Waals surface area contributed by atoms with Gasteiger partial charge < -0.3 is 4.74 Å². The second-order valence-corrected chi connectivity index (χ2v) is 5.70. The van der Waals surface area contributed by atoms with Gasteiger partial charge in [-0.2, -0.15) is 5.26 Å². The van der Waals surface area contributed by atoms with Gasteiger partial charge in [0.05, 0.1) is 12.7 Å².